The molecule has 0 aliphatic carbocycles. The molecule has 1 fully saturated rings. The smallest absolute Gasteiger partial charge is 0.143 e. The molecule has 2 aromatic heterocycles. The van der Waals surface area contributed by atoms with Gasteiger partial charge in [-0.3, -0.25) is 4.90 Å². The minimum atomic E-state index is 0.141. The third-order valence-electron chi connectivity index (χ3n) is 6.71. The van der Waals surface area contributed by atoms with Crippen LogP contribution in [0.4, 0.5) is 5.82 Å². The number of aromatic amines is 1. The maximum absolute atomic E-state index is 4.59. The molecular weight excluding hydrogens is 408 g/mol. The van der Waals surface area contributed by atoms with Crippen molar-refractivity contribution < 1.29 is 0 Å². The van der Waals surface area contributed by atoms with E-state index in [1.54, 1.807) is 6.33 Å². The normalized spacial score (nSPS) is 16.2. The van der Waals surface area contributed by atoms with Crippen LogP contribution in [0.1, 0.15) is 31.0 Å². The summed E-state index contributed by atoms with van der Waals surface area (Å²) in [5.41, 5.74) is 5.73. The van der Waals surface area contributed by atoms with Gasteiger partial charge in [-0.25, -0.2) is 9.97 Å². The number of hydrogen-bond acceptors (Lipinski definition) is 5. The molecule has 0 radical (unpaired) electrons. The van der Waals surface area contributed by atoms with Gasteiger partial charge in [-0.1, -0.05) is 61.5 Å². The van der Waals surface area contributed by atoms with E-state index in [4.69, 9.17) is 0 Å². The van der Waals surface area contributed by atoms with Gasteiger partial charge in [-0.05, 0) is 30.2 Å². The SMILES string of the molecule is CCN1CCN(Cc2ccc(-c3c[nH]c4ncnc(N[C@@H](C)c5ccccc5)c34)cc2)CC1. The summed E-state index contributed by atoms with van der Waals surface area (Å²) in [6.07, 6.45) is 3.65. The Morgan fingerprint density at radius 3 is 2.39 bits per heavy atom. The zero-order chi connectivity index (χ0) is 22.6. The third-order valence-corrected chi connectivity index (χ3v) is 6.71. The van der Waals surface area contributed by atoms with E-state index >= 15 is 0 Å². The molecule has 1 aliphatic rings. The molecular formula is C27H32N6. The molecule has 0 bridgehead atoms. The van der Waals surface area contributed by atoms with Crippen LogP contribution in [0.15, 0.2) is 67.1 Å². The van der Waals surface area contributed by atoms with Crippen molar-refractivity contribution >= 4 is 16.9 Å². The first-order valence-corrected chi connectivity index (χ1v) is 11.9. The van der Waals surface area contributed by atoms with E-state index in [2.05, 4.69) is 92.4 Å². The molecule has 0 unspecified atom stereocenters. The first kappa shape index (κ1) is 21.6. The Kier molecular flexibility index (Phi) is 6.37. The van der Waals surface area contributed by atoms with Crippen LogP contribution in [0.2, 0.25) is 0 Å². The van der Waals surface area contributed by atoms with E-state index in [0.717, 1.165) is 48.6 Å². The standard InChI is InChI=1S/C27H32N6/c1-3-32-13-15-33(16-14-32)18-21-9-11-23(12-10-21)24-17-28-26-25(24)27(30-19-29-26)31-20(2)22-7-5-4-6-8-22/h4-12,17,19-20H,3,13-16,18H2,1-2H3,(H2,28,29,30,31)/t20-/m0/s1. The van der Waals surface area contributed by atoms with Crippen molar-refractivity contribution in [1.29, 1.82) is 0 Å². The minimum Gasteiger partial charge on any atom is -0.363 e. The summed E-state index contributed by atoms with van der Waals surface area (Å²) in [4.78, 5) is 17.4. The average molecular weight is 441 g/mol. The van der Waals surface area contributed by atoms with Gasteiger partial charge in [0.1, 0.15) is 17.8 Å². The molecule has 3 heterocycles. The molecule has 2 aromatic carbocycles. The van der Waals surface area contributed by atoms with Crippen LogP contribution in [0.25, 0.3) is 22.2 Å². The summed E-state index contributed by atoms with van der Waals surface area (Å²) in [6.45, 7) is 11.2. The van der Waals surface area contributed by atoms with Crippen molar-refractivity contribution in [3.8, 4) is 11.1 Å². The lowest BCUT2D eigenvalue weighted by Gasteiger charge is -2.34. The van der Waals surface area contributed by atoms with Crippen LogP contribution in [0, 0.1) is 0 Å². The van der Waals surface area contributed by atoms with Crippen LogP contribution >= 0.6 is 0 Å². The summed E-state index contributed by atoms with van der Waals surface area (Å²) in [5.74, 6) is 0.852. The molecule has 0 amide bonds. The van der Waals surface area contributed by atoms with Crippen molar-refractivity contribution in [3.63, 3.8) is 0 Å². The summed E-state index contributed by atoms with van der Waals surface area (Å²) in [7, 11) is 0. The molecule has 1 aliphatic heterocycles. The van der Waals surface area contributed by atoms with Crippen LogP contribution in [0.3, 0.4) is 0 Å². The Morgan fingerprint density at radius 1 is 0.939 bits per heavy atom. The maximum atomic E-state index is 4.59. The highest BCUT2D eigenvalue weighted by atomic mass is 15.3. The fraction of sp³-hybridized carbons (Fsp3) is 0.333. The second-order valence-electron chi connectivity index (χ2n) is 8.83. The first-order chi connectivity index (χ1) is 16.2. The van der Waals surface area contributed by atoms with Crippen molar-refractivity contribution in [3.05, 3.63) is 78.2 Å². The summed E-state index contributed by atoms with van der Waals surface area (Å²) in [5, 5.41) is 4.62. The van der Waals surface area contributed by atoms with Crippen molar-refractivity contribution in [2.75, 3.05) is 38.0 Å². The van der Waals surface area contributed by atoms with E-state index in [9.17, 15) is 0 Å². The van der Waals surface area contributed by atoms with Crippen molar-refractivity contribution in [1.82, 2.24) is 24.8 Å². The number of benzene rings is 2. The molecule has 0 saturated carbocycles. The van der Waals surface area contributed by atoms with E-state index < -0.39 is 0 Å². The average Bonchev–Trinajstić information content (AvgIpc) is 3.31. The summed E-state index contributed by atoms with van der Waals surface area (Å²) >= 11 is 0. The highest BCUT2D eigenvalue weighted by molar-refractivity contribution is 6.00. The van der Waals surface area contributed by atoms with Gasteiger partial charge < -0.3 is 15.2 Å². The minimum absolute atomic E-state index is 0.141. The van der Waals surface area contributed by atoms with Gasteiger partial charge in [0.05, 0.1) is 5.39 Å². The fourth-order valence-electron chi connectivity index (χ4n) is 4.64. The number of anilines is 1. The molecule has 2 N–H and O–H groups in total. The van der Waals surface area contributed by atoms with E-state index in [-0.39, 0.29) is 6.04 Å². The van der Waals surface area contributed by atoms with E-state index in [0.29, 0.717) is 0 Å². The van der Waals surface area contributed by atoms with Gasteiger partial charge >= 0.3 is 0 Å². The fourth-order valence-corrected chi connectivity index (χ4v) is 4.64. The van der Waals surface area contributed by atoms with E-state index in [1.807, 2.05) is 12.3 Å². The molecule has 4 aromatic rings. The molecule has 6 nitrogen and oxygen atoms in total. The summed E-state index contributed by atoms with van der Waals surface area (Å²) in [6, 6.07) is 19.5. The van der Waals surface area contributed by atoms with Crippen LogP contribution < -0.4 is 5.32 Å². The first-order valence-electron chi connectivity index (χ1n) is 11.9. The third kappa shape index (κ3) is 4.77. The molecule has 33 heavy (non-hydrogen) atoms. The topological polar surface area (TPSA) is 60.1 Å². The number of nitrogens with one attached hydrogen (secondary N) is 2. The monoisotopic (exact) mass is 440 g/mol. The predicted octanol–water partition coefficient (Wildman–Crippen LogP) is 4.94. The Balaban J connectivity index is 1.35. The lowest BCUT2D eigenvalue weighted by Crippen LogP contribution is -2.45. The van der Waals surface area contributed by atoms with Gasteiger partial charge in [0.25, 0.3) is 0 Å². The molecule has 1 saturated heterocycles. The van der Waals surface area contributed by atoms with Gasteiger partial charge in [0, 0.05) is 50.5 Å². The number of H-pyrrole nitrogens is 1. The number of rotatable bonds is 7. The number of aromatic nitrogens is 3. The van der Waals surface area contributed by atoms with Crippen LogP contribution in [-0.4, -0.2) is 57.5 Å². The molecule has 170 valence electrons. The Morgan fingerprint density at radius 2 is 1.67 bits per heavy atom. The lowest BCUT2D eigenvalue weighted by molar-refractivity contribution is 0.132. The number of nitrogens with zero attached hydrogens (tertiary/aromatic N) is 4. The molecule has 5 rings (SSSR count). The summed E-state index contributed by atoms with van der Waals surface area (Å²) < 4.78 is 0. The molecule has 0 spiro atoms. The second kappa shape index (κ2) is 9.73. The number of hydrogen-bond donors (Lipinski definition) is 2. The maximum Gasteiger partial charge on any atom is 0.143 e. The second-order valence-corrected chi connectivity index (χ2v) is 8.83. The van der Waals surface area contributed by atoms with Gasteiger partial charge in [0.15, 0.2) is 0 Å². The van der Waals surface area contributed by atoms with Crippen molar-refractivity contribution in [2.24, 2.45) is 0 Å². The highest BCUT2D eigenvalue weighted by Crippen LogP contribution is 2.33. The van der Waals surface area contributed by atoms with Gasteiger partial charge in [-0.2, -0.15) is 0 Å². The highest BCUT2D eigenvalue weighted by Gasteiger charge is 2.17. The van der Waals surface area contributed by atoms with Gasteiger partial charge in [0.2, 0.25) is 0 Å². The number of fused-ring (bicyclic) bond motifs is 1. The van der Waals surface area contributed by atoms with Crippen LogP contribution in [-0.2, 0) is 6.54 Å². The zero-order valence-electron chi connectivity index (χ0n) is 19.5. The van der Waals surface area contributed by atoms with Crippen LogP contribution in [0.5, 0.6) is 0 Å². The number of piperazine rings is 1. The molecule has 1 atom stereocenters. The Labute approximate surface area is 195 Å². The van der Waals surface area contributed by atoms with Crippen molar-refractivity contribution in [2.45, 2.75) is 26.4 Å². The zero-order valence-corrected chi connectivity index (χ0v) is 19.5. The predicted molar refractivity (Wildman–Crippen MR) is 135 cm³/mol. The quantitative estimate of drug-likeness (QED) is 0.426. The molecule has 6 heteroatoms. The Bertz CT molecular complexity index is 1180. The lowest BCUT2D eigenvalue weighted by atomic mass is 10.0. The number of likely N-dealkylation sites (N-methyl/N-ethyl adjacent to an activating group) is 1. The Hall–Kier alpha value is -3.22. The van der Waals surface area contributed by atoms with E-state index in [1.165, 1.54) is 29.8 Å². The van der Waals surface area contributed by atoms with Gasteiger partial charge in [-0.15, -0.1) is 0 Å². The largest absolute Gasteiger partial charge is 0.363 e.